The van der Waals surface area contributed by atoms with Gasteiger partial charge >= 0.3 is 0 Å². The van der Waals surface area contributed by atoms with E-state index < -0.39 is 0 Å². The number of nitrogens with one attached hydrogen (secondary N) is 1. The van der Waals surface area contributed by atoms with Crippen LogP contribution in [0.4, 0.5) is 5.69 Å². The number of Topliss-reactive ketones (excluding diaryl/α,β-unsaturated/α-hetero) is 1. The molecule has 0 spiro atoms. The fourth-order valence-corrected chi connectivity index (χ4v) is 3.45. The number of amides is 1. The number of thioether (sulfide) groups is 1. The van der Waals surface area contributed by atoms with Crippen LogP contribution in [0.2, 0.25) is 0 Å². The monoisotopic (exact) mass is 383 g/mol. The first-order valence-electron chi connectivity index (χ1n) is 8.61. The Kier molecular flexibility index (Phi) is 5.55. The second-order valence-electron chi connectivity index (χ2n) is 6.53. The quantitative estimate of drug-likeness (QED) is 0.399. The second-order valence-corrected chi connectivity index (χ2v) is 7.86. The van der Waals surface area contributed by atoms with Crippen molar-refractivity contribution in [2.75, 3.05) is 5.32 Å². The summed E-state index contributed by atoms with van der Waals surface area (Å²) in [7, 11) is 1.82. The van der Waals surface area contributed by atoms with E-state index in [1.165, 1.54) is 18.1 Å². The van der Waals surface area contributed by atoms with Crippen LogP contribution < -0.4 is 5.32 Å². The normalized spacial score (nSPS) is 12.3. The number of carbonyl (C=O) groups excluding carboxylic acids is 2. The first kappa shape index (κ1) is 19.0. The van der Waals surface area contributed by atoms with Crippen LogP contribution in [0.3, 0.4) is 0 Å². The fourth-order valence-electron chi connectivity index (χ4n) is 2.49. The average Bonchev–Trinajstić information content (AvgIpc) is 3.04. The summed E-state index contributed by atoms with van der Waals surface area (Å²) in [6, 6.07) is 6.95. The standard InChI is InChI=1S/C19H21N5O2S/c1-11(2)18(26)23-14-7-5-13(6-8-14)16(25)12(3)27-19-15-9-22-24(4)17(15)20-10-21-19/h5-12H,1-4H3,(H,23,26)/t12-/m0/s1. The summed E-state index contributed by atoms with van der Waals surface area (Å²) >= 11 is 1.38. The van der Waals surface area contributed by atoms with E-state index in [1.54, 1.807) is 35.1 Å². The number of fused-ring (bicyclic) bond motifs is 1. The Morgan fingerprint density at radius 2 is 1.81 bits per heavy atom. The van der Waals surface area contributed by atoms with E-state index in [-0.39, 0.29) is 22.9 Å². The van der Waals surface area contributed by atoms with Gasteiger partial charge < -0.3 is 5.32 Å². The maximum atomic E-state index is 12.8. The number of hydrogen-bond donors (Lipinski definition) is 1. The fraction of sp³-hybridized carbons (Fsp3) is 0.316. The highest BCUT2D eigenvalue weighted by molar-refractivity contribution is 8.00. The lowest BCUT2D eigenvalue weighted by Crippen LogP contribution is -2.18. The van der Waals surface area contributed by atoms with E-state index in [0.717, 1.165) is 16.1 Å². The van der Waals surface area contributed by atoms with Crippen molar-refractivity contribution >= 4 is 40.2 Å². The molecule has 0 aliphatic carbocycles. The molecule has 0 saturated heterocycles. The summed E-state index contributed by atoms with van der Waals surface area (Å²) in [6.45, 7) is 5.52. The van der Waals surface area contributed by atoms with Crippen LogP contribution in [0, 0.1) is 5.92 Å². The lowest BCUT2D eigenvalue weighted by atomic mass is 10.1. The van der Waals surface area contributed by atoms with Crippen LogP contribution in [0.15, 0.2) is 41.8 Å². The number of aryl methyl sites for hydroxylation is 1. The van der Waals surface area contributed by atoms with Crippen LogP contribution in [0.25, 0.3) is 11.0 Å². The Hall–Kier alpha value is -2.74. The van der Waals surface area contributed by atoms with Gasteiger partial charge in [0, 0.05) is 24.2 Å². The molecular weight excluding hydrogens is 362 g/mol. The molecular formula is C19H21N5O2S. The number of benzene rings is 1. The molecule has 2 heterocycles. The van der Waals surface area contributed by atoms with Crippen molar-refractivity contribution < 1.29 is 9.59 Å². The number of hydrogen-bond acceptors (Lipinski definition) is 6. The molecule has 0 radical (unpaired) electrons. The van der Waals surface area contributed by atoms with Crippen molar-refractivity contribution in [3.8, 4) is 0 Å². The van der Waals surface area contributed by atoms with Crippen molar-refractivity contribution in [1.29, 1.82) is 0 Å². The maximum Gasteiger partial charge on any atom is 0.226 e. The predicted molar refractivity (Wildman–Crippen MR) is 106 cm³/mol. The molecule has 3 aromatic rings. The Morgan fingerprint density at radius 1 is 1.11 bits per heavy atom. The van der Waals surface area contributed by atoms with Gasteiger partial charge in [0.1, 0.15) is 11.4 Å². The number of ketones is 1. The molecule has 1 amide bonds. The zero-order valence-electron chi connectivity index (χ0n) is 15.6. The van der Waals surface area contributed by atoms with Crippen molar-refractivity contribution in [2.24, 2.45) is 13.0 Å². The summed E-state index contributed by atoms with van der Waals surface area (Å²) in [5.41, 5.74) is 2.00. The Balaban J connectivity index is 1.72. The number of aromatic nitrogens is 4. The molecule has 7 nitrogen and oxygen atoms in total. The minimum atomic E-state index is -0.320. The minimum Gasteiger partial charge on any atom is -0.326 e. The van der Waals surface area contributed by atoms with Gasteiger partial charge in [-0.3, -0.25) is 14.3 Å². The molecule has 0 aliphatic heterocycles. The summed E-state index contributed by atoms with van der Waals surface area (Å²) in [4.78, 5) is 33.0. The summed E-state index contributed by atoms with van der Waals surface area (Å²) in [5, 5.41) is 8.25. The third-order valence-electron chi connectivity index (χ3n) is 4.11. The first-order chi connectivity index (χ1) is 12.9. The molecule has 8 heteroatoms. The number of rotatable bonds is 6. The van der Waals surface area contributed by atoms with E-state index in [9.17, 15) is 9.59 Å². The SMILES string of the molecule is CC(C)C(=O)Nc1ccc(C(=O)[C@H](C)Sc2ncnc3c2cnn3C)cc1. The zero-order valence-corrected chi connectivity index (χ0v) is 16.4. The molecule has 0 bridgehead atoms. The number of nitrogens with zero attached hydrogens (tertiary/aromatic N) is 4. The summed E-state index contributed by atoms with van der Waals surface area (Å²) in [5.74, 6) is -0.153. The van der Waals surface area contributed by atoms with Gasteiger partial charge in [-0.15, -0.1) is 0 Å². The smallest absolute Gasteiger partial charge is 0.226 e. The van der Waals surface area contributed by atoms with E-state index in [1.807, 2.05) is 27.8 Å². The molecule has 140 valence electrons. The molecule has 0 aliphatic rings. The lowest BCUT2D eigenvalue weighted by Gasteiger charge is -2.11. The van der Waals surface area contributed by atoms with Gasteiger partial charge in [-0.2, -0.15) is 5.10 Å². The van der Waals surface area contributed by atoms with Gasteiger partial charge in [0.15, 0.2) is 11.4 Å². The van der Waals surface area contributed by atoms with E-state index in [2.05, 4.69) is 20.4 Å². The highest BCUT2D eigenvalue weighted by Crippen LogP contribution is 2.29. The molecule has 27 heavy (non-hydrogen) atoms. The molecule has 0 unspecified atom stereocenters. The van der Waals surface area contributed by atoms with Crippen LogP contribution >= 0.6 is 11.8 Å². The van der Waals surface area contributed by atoms with Gasteiger partial charge in [-0.25, -0.2) is 9.97 Å². The average molecular weight is 383 g/mol. The third kappa shape index (κ3) is 4.16. The minimum absolute atomic E-state index is 0.00242. The van der Waals surface area contributed by atoms with E-state index in [4.69, 9.17) is 0 Å². The Morgan fingerprint density at radius 3 is 2.48 bits per heavy atom. The number of anilines is 1. The van der Waals surface area contributed by atoms with Crippen LogP contribution in [-0.4, -0.2) is 36.7 Å². The number of carbonyl (C=O) groups is 2. The molecule has 0 fully saturated rings. The Bertz CT molecular complexity index is 981. The topological polar surface area (TPSA) is 89.8 Å². The van der Waals surface area contributed by atoms with Gasteiger partial charge in [-0.05, 0) is 31.2 Å². The van der Waals surface area contributed by atoms with Gasteiger partial charge in [0.2, 0.25) is 5.91 Å². The third-order valence-corrected chi connectivity index (χ3v) is 5.23. The highest BCUT2D eigenvalue weighted by atomic mass is 32.2. The molecule has 1 aromatic carbocycles. The van der Waals surface area contributed by atoms with E-state index in [0.29, 0.717) is 11.3 Å². The Labute approximate surface area is 161 Å². The highest BCUT2D eigenvalue weighted by Gasteiger charge is 2.19. The predicted octanol–water partition coefficient (Wildman–Crippen LogP) is 3.32. The first-order valence-corrected chi connectivity index (χ1v) is 9.49. The lowest BCUT2D eigenvalue weighted by molar-refractivity contribution is -0.118. The zero-order chi connectivity index (χ0) is 19.6. The second kappa shape index (κ2) is 7.87. The molecule has 0 saturated carbocycles. The van der Waals surface area contributed by atoms with Gasteiger partial charge in [0.25, 0.3) is 0 Å². The van der Waals surface area contributed by atoms with Crippen molar-refractivity contribution in [3.63, 3.8) is 0 Å². The van der Waals surface area contributed by atoms with E-state index >= 15 is 0 Å². The maximum absolute atomic E-state index is 12.8. The summed E-state index contributed by atoms with van der Waals surface area (Å²) < 4.78 is 1.68. The molecule has 2 aromatic heterocycles. The van der Waals surface area contributed by atoms with Crippen molar-refractivity contribution in [3.05, 3.63) is 42.4 Å². The molecule has 3 rings (SSSR count). The van der Waals surface area contributed by atoms with Crippen LogP contribution in [-0.2, 0) is 11.8 Å². The largest absolute Gasteiger partial charge is 0.326 e. The molecule has 1 N–H and O–H groups in total. The van der Waals surface area contributed by atoms with Crippen LogP contribution in [0.5, 0.6) is 0 Å². The van der Waals surface area contributed by atoms with Gasteiger partial charge in [0.05, 0.1) is 16.8 Å². The molecule has 1 atom stereocenters. The van der Waals surface area contributed by atoms with Gasteiger partial charge in [-0.1, -0.05) is 25.6 Å². The van der Waals surface area contributed by atoms with Crippen molar-refractivity contribution in [1.82, 2.24) is 19.7 Å². The van der Waals surface area contributed by atoms with Crippen LogP contribution in [0.1, 0.15) is 31.1 Å². The van der Waals surface area contributed by atoms with Crippen molar-refractivity contribution in [2.45, 2.75) is 31.0 Å². The summed E-state index contributed by atoms with van der Waals surface area (Å²) in [6.07, 6.45) is 3.19.